The number of carbonyl (C=O) groups excluding carboxylic acids is 2. The van der Waals surface area contributed by atoms with E-state index in [-0.39, 0.29) is 23.1 Å². The number of thioether (sulfide) groups is 1. The maximum absolute atomic E-state index is 11.5. The van der Waals surface area contributed by atoms with E-state index in [9.17, 15) is 19.8 Å². The predicted octanol–water partition coefficient (Wildman–Crippen LogP) is 1.46. The Hall–Kier alpha value is -1.68. The van der Waals surface area contributed by atoms with Crippen LogP contribution in [0.25, 0.3) is 0 Å². The summed E-state index contributed by atoms with van der Waals surface area (Å²) in [7, 11) is 0. The molecule has 20 heavy (non-hydrogen) atoms. The Labute approximate surface area is 121 Å². The summed E-state index contributed by atoms with van der Waals surface area (Å²) in [5.41, 5.74) is 0.838. The molecule has 2 unspecified atom stereocenters. The molecular weight excluding hydrogens is 278 g/mol. The van der Waals surface area contributed by atoms with E-state index in [1.807, 2.05) is 0 Å². The molecule has 6 heteroatoms. The summed E-state index contributed by atoms with van der Waals surface area (Å²) in [6.45, 7) is 1.39. The van der Waals surface area contributed by atoms with Crippen molar-refractivity contribution in [2.24, 2.45) is 0 Å². The van der Waals surface area contributed by atoms with Crippen LogP contribution < -0.4 is 0 Å². The first-order chi connectivity index (χ1) is 9.45. The molecule has 2 atom stereocenters. The number of Topliss-reactive ketones (excluding diaryl/α,β-unsaturated/α-hetero) is 1. The Morgan fingerprint density at radius 3 is 2.40 bits per heavy atom. The van der Waals surface area contributed by atoms with Crippen LogP contribution in [0, 0.1) is 11.3 Å². The fourth-order valence-corrected chi connectivity index (χ4v) is 2.14. The second kappa shape index (κ2) is 7.80. The van der Waals surface area contributed by atoms with Crippen molar-refractivity contribution in [1.29, 1.82) is 5.26 Å². The molecule has 5 nitrogen and oxygen atoms in total. The number of aliphatic hydroxyl groups excluding tert-OH is 2. The van der Waals surface area contributed by atoms with Gasteiger partial charge in [0.25, 0.3) is 0 Å². The van der Waals surface area contributed by atoms with Crippen molar-refractivity contribution >= 4 is 22.7 Å². The molecule has 0 saturated carbocycles. The van der Waals surface area contributed by atoms with E-state index in [1.165, 1.54) is 31.2 Å². The maximum atomic E-state index is 11.5. The van der Waals surface area contributed by atoms with Gasteiger partial charge in [-0.3, -0.25) is 9.59 Å². The summed E-state index contributed by atoms with van der Waals surface area (Å²) in [4.78, 5) is 22.3. The first kappa shape index (κ1) is 16.4. The standard InChI is InChI=1S/C14H15NO4S/c1-9(16)20-8-13(18)14(19)11-4-2-10(3-5-11)12(17)6-7-15/h2-5,13-14,18-19H,6,8H2,1H3. The smallest absolute Gasteiger partial charge is 0.185 e. The molecular formula is C14H15NO4S. The van der Waals surface area contributed by atoms with Crippen molar-refractivity contribution in [3.63, 3.8) is 0 Å². The summed E-state index contributed by atoms with van der Waals surface area (Å²) < 4.78 is 0. The van der Waals surface area contributed by atoms with Gasteiger partial charge in [-0.05, 0) is 5.56 Å². The number of hydrogen-bond acceptors (Lipinski definition) is 6. The van der Waals surface area contributed by atoms with Crippen LogP contribution in [0.3, 0.4) is 0 Å². The lowest BCUT2D eigenvalue weighted by atomic mass is 10.0. The Bertz CT molecular complexity index is 521. The number of carbonyl (C=O) groups is 2. The van der Waals surface area contributed by atoms with Crippen molar-refractivity contribution in [2.75, 3.05) is 5.75 Å². The van der Waals surface area contributed by atoms with Gasteiger partial charge in [0.15, 0.2) is 10.9 Å². The van der Waals surface area contributed by atoms with Crippen LogP contribution in [0.5, 0.6) is 0 Å². The van der Waals surface area contributed by atoms with Gasteiger partial charge >= 0.3 is 0 Å². The minimum atomic E-state index is -1.12. The number of benzene rings is 1. The summed E-state index contributed by atoms with van der Waals surface area (Å²) in [5, 5.41) is 28.0. The molecule has 0 radical (unpaired) electrons. The monoisotopic (exact) mass is 293 g/mol. The average molecular weight is 293 g/mol. The molecule has 0 aromatic heterocycles. The number of hydrogen-bond donors (Lipinski definition) is 2. The van der Waals surface area contributed by atoms with Gasteiger partial charge in [-0.2, -0.15) is 5.26 Å². The Morgan fingerprint density at radius 2 is 1.90 bits per heavy atom. The van der Waals surface area contributed by atoms with Crippen LogP contribution in [-0.2, 0) is 4.79 Å². The highest BCUT2D eigenvalue weighted by atomic mass is 32.2. The van der Waals surface area contributed by atoms with Crippen molar-refractivity contribution in [2.45, 2.75) is 25.6 Å². The number of ketones is 1. The fraction of sp³-hybridized carbons (Fsp3) is 0.357. The van der Waals surface area contributed by atoms with Crippen LogP contribution >= 0.6 is 11.8 Å². The molecule has 0 aliphatic heterocycles. The van der Waals surface area contributed by atoms with Gasteiger partial charge in [0.2, 0.25) is 0 Å². The van der Waals surface area contributed by atoms with Gasteiger partial charge in [0, 0.05) is 18.2 Å². The molecule has 2 N–H and O–H groups in total. The largest absolute Gasteiger partial charge is 0.389 e. The zero-order valence-electron chi connectivity index (χ0n) is 10.9. The van der Waals surface area contributed by atoms with E-state index in [2.05, 4.69) is 0 Å². The lowest BCUT2D eigenvalue weighted by molar-refractivity contribution is -0.109. The molecule has 1 aromatic rings. The molecule has 1 aromatic carbocycles. The summed E-state index contributed by atoms with van der Waals surface area (Å²) in [5.74, 6) is -0.188. The van der Waals surface area contributed by atoms with Crippen LogP contribution in [-0.4, -0.2) is 33.0 Å². The van der Waals surface area contributed by atoms with Crippen LogP contribution in [0.1, 0.15) is 35.4 Å². The highest BCUT2D eigenvalue weighted by Gasteiger charge is 2.19. The van der Waals surface area contributed by atoms with E-state index in [1.54, 1.807) is 6.07 Å². The van der Waals surface area contributed by atoms with Crippen LogP contribution in [0.15, 0.2) is 24.3 Å². The average Bonchev–Trinajstić information content (AvgIpc) is 2.44. The molecule has 106 valence electrons. The SMILES string of the molecule is CC(=O)SCC(O)C(O)c1ccc(C(=O)CC#N)cc1. The third-order valence-electron chi connectivity index (χ3n) is 2.64. The summed E-state index contributed by atoms with van der Waals surface area (Å²) >= 11 is 0.938. The summed E-state index contributed by atoms with van der Waals surface area (Å²) in [6, 6.07) is 7.83. The molecule has 0 bridgehead atoms. The third kappa shape index (κ3) is 4.78. The highest BCUT2D eigenvalue weighted by Crippen LogP contribution is 2.21. The fourth-order valence-electron chi connectivity index (χ4n) is 1.56. The number of nitriles is 1. The number of aliphatic hydroxyl groups is 2. The zero-order chi connectivity index (χ0) is 15.1. The molecule has 0 aliphatic rings. The van der Waals surface area contributed by atoms with Gasteiger partial charge in [-0.1, -0.05) is 36.0 Å². The molecule has 0 amide bonds. The van der Waals surface area contributed by atoms with E-state index in [4.69, 9.17) is 5.26 Å². The molecule has 0 aliphatic carbocycles. The molecule has 0 fully saturated rings. The van der Waals surface area contributed by atoms with E-state index in [0.29, 0.717) is 11.1 Å². The Kier molecular flexibility index (Phi) is 6.39. The first-order valence-corrected chi connectivity index (χ1v) is 6.94. The first-order valence-electron chi connectivity index (χ1n) is 5.95. The van der Waals surface area contributed by atoms with E-state index < -0.39 is 12.2 Å². The van der Waals surface area contributed by atoms with Crippen molar-refractivity contribution < 1.29 is 19.8 Å². The Balaban J connectivity index is 2.70. The van der Waals surface area contributed by atoms with E-state index >= 15 is 0 Å². The van der Waals surface area contributed by atoms with E-state index in [0.717, 1.165) is 11.8 Å². The normalized spacial score (nSPS) is 13.3. The second-order valence-corrected chi connectivity index (χ2v) is 5.39. The van der Waals surface area contributed by atoms with Crippen LogP contribution in [0.2, 0.25) is 0 Å². The summed E-state index contributed by atoms with van der Waals surface area (Å²) in [6.07, 6.45) is -2.38. The van der Waals surface area contributed by atoms with Gasteiger partial charge in [-0.15, -0.1) is 0 Å². The van der Waals surface area contributed by atoms with Gasteiger partial charge < -0.3 is 10.2 Å². The van der Waals surface area contributed by atoms with Gasteiger partial charge in [0.1, 0.15) is 6.10 Å². The number of rotatable bonds is 6. The second-order valence-electron chi connectivity index (χ2n) is 4.19. The van der Waals surface area contributed by atoms with Gasteiger partial charge in [0.05, 0.1) is 18.6 Å². The lowest BCUT2D eigenvalue weighted by Crippen LogP contribution is -2.21. The molecule has 0 saturated heterocycles. The van der Waals surface area contributed by atoms with Crippen molar-refractivity contribution in [1.82, 2.24) is 0 Å². The quantitative estimate of drug-likeness (QED) is 0.770. The third-order valence-corrected chi connectivity index (χ3v) is 3.55. The molecule has 0 heterocycles. The zero-order valence-corrected chi connectivity index (χ0v) is 11.8. The van der Waals surface area contributed by atoms with Crippen LogP contribution in [0.4, 0.5) is 0 Å². The predicted molar refractivity (Wildman–Crippen MR) is 75.1 cm³/mol. The minimum Gasteiger partial charge on any atom is -0.389 e. The van der Waals surface area contributed by atoms with Crippen molar-refractivity contribution in [3.05, 3.63) is 35.4 Å². The lowest BCUT2D eigenvalue weighted by Gasteiger charge is -2.17. The Morgan fingerprint density at radius 1 is 1.30 bits per heavy atom. The molecule has 1 rings (SSSR count). The highest BCUT2D eigenvalue weighted by molar-refractivity contribution is 8.13. The topological polar surface area (TPSA) is 98.4 Å². The van der Waals surface area contributed by atoms with Crippen molar-refractivity contribution in [3.8, 4) is 6.07 Å². The number of nitrogens with zero attached hydrogens (tertiary/aromatic N) is 1. The van der Waals surface area contributed by atoms with Gasteiger partial charge in [-0.25, -0.2) is 0 Å². The maximum Gasteiger partial charge on any atom is 0.185 e. The minimum absolute atomic E-state index is 0.103. The molecule has 0 spiro atoms.